The molecule has 0 saturated heterocycles. The molecule has 0 spiro atoms. The molecule has 3 heteroatoms. The third-order valence-electron chi connectivity index (χ3n) is 3.36. The summed E-state index contributed by atoms with van der Waals surface area (Å²) in [6.45, 7) is 3.82. The smallest absolute Gasteiger partial charge is 0.126 e. The van der Waals surface area contributed by atoms with Crippen LogP contribution in [-0.4, -0.2) is 12.2 Å². The second kappa shape index (κ2) is 3.94. The van der Waals surface area contributed by atoms with E-state index in [9.17, 15) is 5.11 Å². The van der Waals surface area contributed by atoms with Crippen molar-refractivity contribution >= 4 is 11.6 Å². The maximum absolute atomic E-state index is 10.6. The lowest BCUT2D eigenvalue weighted by Crippen LogP contribution is -2.25. The highest BCUT2D eigenvalue weighted by Crippen LogP contribution is 2.49. The van der Waals surface area contributed by atoms with E-state index in [1.54, 1.807) is 13.2 Å². The number of methoxy groups -OCH3 is 1. The van der Waals surface area contributed by atoms with Crippen LogP contribution in [0.3, 0.4) is 0 Å². The van der Waals surface area contributed by atoms with Crippen molar-refractivity contribution in [3.63, 3.8) is 0 Å². The van der Waals surface area contributed by atoms with Crippen LogP contribution in [0.25, 0.3) is 0 Å². The van der Waals surface area contributed by atoms with E-state index in [4.69, 9.17) is 16.3 Å². The summed E-state index contributed by atoms with van der Waals surface area (Å²) < 4.78 is 5.33. The van der Waals surface area contributed by atoms with Crippen LogP contribution < -0.4 is 4.74 Å². The molecule has 1 aliphatic rings. The van der Waals surface area contributed by atoms with Crippen LogP contribution in [0.2, 0.25) is 5.02 Å². The van der Waals surface area contributed by atoms with Gasteiger partial charge in [-0.2, -0.15) is 0 Å². The predicted molar refractivity (Wildman–Crippen MR) is 65.0 cm³/mol. The Kier molecular flexibility index (Phi) is 2.89. The molecule has 0 aromatic heterocycles. The van der Waals surface area contributed by atoms with E-state index >= 15 is 0 Å². The molecule has 0 radical (unpaired) electrons. The van der Waals surface area contributed by atoms with Gasteiger partial charge in [0.2, 0.25) is 0 Å². The van der Waals surface area contributed by atoms with Gasteiger partial charge in [0.25, 0.3) is 0 Å². The highest BCUT2D eigenvalue weighted by Gasteiger charge is 2.43. The Morgan fingerprint density at radius 3 is 2.56 bits per heavy atom. The molecular formula is C13H17ClO2. The first kappa shape index (κ1) is 11.7. The fourth-order valence-electron chi connectivity index (χ4n) is 2.37. The average Bonchev–Trinajstić information content (AvgIpc) is 2.98. The summed E-state index contributed by atoms with van der Waals surface area (Å²) in [6, 6.07) is 3.64. The highest BCUT2D eigenvalue weighted by molar-refractivity contribution is 6.30. The third-order valence-corrected chi connectivity index (χ3v) is 3.58. The number of halogens is 1. The van der Waals surface area contributed by atoms with Gasteiger partial charge < -0.3 is 9.84 Å². The summed E-state index contributed by atoms with van der Waals surface area (Å²) in [5.41, 5.74) is 1.06. The quantitative estimate of drug-likeness (QED) is 0.879. The molecule has 0 bridgehead atoms. The Balaban J connectivity index is 2.53. The van der Waals surface area contributed by atoms with Crippen molar-refractivity contribution < 1.29 is 9.84 Å². The summed E-state index contributed by atoms with van der Waals surface area (Å²) in [5.74, 6) is 1.03. The van der Waals surface area contributed by atoms with Gasteiger partial charge in [-0.15, -0.1) is 0 Å². The van der Waals surface area contributed by atoms with E-state index in [1.165, 1.54) is 0 Å². The highest BCUT2D eigenvalue weighted by atomic mass is 35.5. The number of hydrogen-bond acceptors (Lipinski definition) is 2. The van der Waals surface area contributed by atoms with Gasteiger partial charge in [0.1, 0.15) is 5.75 Å². The molecule has 2 rings (SSSR count). The second-order valence-electron chi connectivity index (χ2n) is 4.72. The lowest BCUT2D eigenvalue weighted by molar-refractivity contribution is 0.0301. The summed E-state index contributed by atoms with van der Waals surface area (Å²) in [5, 5.41) is 11.2. The van der Waals surface area contributed by atoms with Gasteiger partial charge in [-0.05, 0) is 50.3 Å². The Morgan fingerprint density at radius 2 is 2.06 bits per heavy atom. The fourth-order valence-corrected chi connectivity index (χ4v) is 2.63. The molecule has 1 aromatic carbocycles. The topological polar surface area (TPSA) is 29.5 Å². The lowest BCUT2D eigenvalue weighted by atomic mass is 9.87. The minimum absolute atomic E-state index is 0.348. The molecule has 1 fully saturated rings. The van der Waals surface area contributed by atoms with Crippen molar-refractivity contribution in [2.75, 3.05) is 7.11 Å². The Morgan fingerprint density at radius 1 is 1.44 bits per heavy atom. The number of aryl methyl sites for hydroxylation is 1. The number of rotatable bonds is 3. The van der Waals surface area contributed by atoms with Crippen molar-refractivity contribution in [3.05, 3.63) is 28.3 Å². The molecular weight excluding hydrogens is 224 g/mol. The van der Waals surface area contributed by atoms with Crippen LogP contribution in [-0.2, 0) is 5.60 Å². The zero-order chi connectivity index (χ0) is 11.9. The fraction of sp³-hybridized carbons (Fsp3) is 0.538. The molecule has 0 aliphatic heterocycles. The molecule has 1 aromatic rings. The number of aliphatic hydroxyl groups is 1. The van der Waals surface area contributed by atoms with Gasteiger partial charge in [0, 0.05) is 10.6 Å². The van der Waals surface area contributed by atoms with E-state index in [1.807, 2.05) is 19.9 Å². The summed E-state index contributed by atoms with van der Waals surface area (Å²) in [6.07, 6.45) is 2.16. The van der Waals surface area contributed by atoms with Crippen LogP contribution in [0.15, 0.2) is 12.1 Å². The maximum Gasteiger partial charge on any atom is 0.126 e. The molecule has 0 heterocycles. The van der Waals surface area contributed by atoms with E-state index in [-0.39, 0.29) is 0 Å². The molecule has 0 amide bonds. The van der Waals surface area contributed by atoms with E-state index in [2.05, 4.69) is 0 Å². The molecule has 1 aliphatic carbocycles. The van der Waals surface area contributed by atoms with Crippen molar-refractivity contribution in [2.45, 2.75) is 32.3 Å². The lowest BCUT2D eigenvalue weighted by Gasteiger charge is -2.27. The number of hydrogen-bond donors (Lipinski definition) is 1. The standard InChI is InChI=1S/C13H17ClO2/c1-8-6-10(14)7-11(16-3)12(8)13(2,15)9-4-5-9/h6-7,9,15H,4-5H2,1-3H3. The van der Waals surface area contributed by atoms with E-state index in [0.717, 1.165) is 24.0 Å². The van der Waals surface area contributed by atoms with Crippen LogP contribution in [0.1, 0.15) is 30.9 Å². The minimum atomic E-state index is -0.806. The predicted octanol–water partition coefficient (Wildman–Crippen LogP) is 3.27. The van der Waals surface area contributed by atoms with Gasteiger partial charge in [-0.25, -0.2) is 0 Å². The molecule has 88 valence electrons. The van der Waals surface area contributed by atoms with Crippen LogP contribution >= 0.6 is 11.6 Å². The largest absolute Gasteiger partial charge is 0.496 e. The summed E-state index contributed by atoms with van der Waals surface area (Å²) in [4.78, 5) is 0. The Bertz CT molecular complexity index is 409. The van der Waals surface area contributed by atoms with Crippen LogP contribution in [0.4, 0.5) is 0 Å². The second-order valence-corrected chi connectivity index (χ2v) is 5.16. The Hall–Kier alpha value is -0.730. The first-order valence-electron chi connectivity index (χ1n) is 5.53. The van der Waals surface area contributed by atoms with Crippen LogP contribution in [0, 0.1) is 12.8 Å². The van der Waals surface area contributed by atoms with Gasteiger partial charge >= 0.3 is 0 Å². The third kappa shape index (κ3) is 1.92. The Labute approximate surface area is 101 Å². The number of ether oxygens (including phenoxy) is 1. The molecule has 2 nitrogen and oxygen atoms in total. The van der Waals surface area contributed by atoms with Crippen LogP contribution in [0.5, 0.6) is 5.75 Å². The average molecular weight is 241 g/mol. The van der Waals surface area contributed by atoms with Crippen molar-refractivity contribution in [3.8, 4) is 5.75 Å². The monoisotopic (exact) mass is 240 g/mol. The van der Waals surface area contributed by atoms with Gasteiger partial charge in [0.15, 0.2) is 0 Å². The zero-order valence-electron chi connectivity index (χ0n) is 9.88. The number of benzene rings is 1. The maximum atomic E-state index is 10.6. The van der Waals surface area contributed by atoms with Gasteiger partial charge in [0.05, 0.1) is 12.7 Å². The van der Waals surface area contributed by atoms with E-state index < -0.39 is 5.60 Å². The summed E-state index contributed by atoms with van der Waals surface area (Å²) >= 11 is 5.98. The molecule has 16 heavy (non-hydrogen) atoms. The molecule has 1 N–H and O–H groups in total. The van der Waals surface area contributed by atoms with Crippen molar-refractivity contribution in [1.29, 1.82) is 0 Å². The SMILES string of the molecule is COc1cc(Cl)cc(C)c1C(C)(O)C1CC1. The minimum Gasteiger partial charge on any atom is -0.496 e. The molecule has 1 saturated carbocycles. The molecule has 1 atom stereocenters. The van der Waals surface area contributed by atoms with Crippen molar-refractivity contribution in [2.24, 2.45) is 5.92 Å². The van der Waals surface area contributed by atoms with Gasteiger partial charge in [-0.1, -0.05) is 11.6 Å². The van der Waals surface area contributed by atoms with E-state index in [0.29, 0.717) is 16.7 Å². The first-order valence-corrected chi connectivity index (χ1v) is 5.91. The molecule has 1 unspecified atom stereocenters. The normalized spacial score (nSPS) is 19.3. The summed E-state index contributed by atoms with van der Waals surface area (Å²) in [7, 11) is 1.61. The first-order chi connectivity index (χ1) is 7.46. The van der Waals surface area contributed by atoms with Gasteiger partial charge in [-0.3, -0.25) is 0 Å². The van der Waals surface area contributed by atoms with Crippen molar-refractivity contribution in [1.82, 2.24) is 0 Å². The zero-order valence-corrected chi connectivity index (χ0v) is 10.6.